The molecule has 2 unspecified atom stereocenters. The van der Waals surface area contributed by atoms with E-state index in [2.05, 4.69) is 21.2 Å². The maximum atomic E-state index is 12.8. The second-order valence-electron chi connectivity index (χ2n) is 4.77. The van der Waals surface area contributed by atoms with Crippen molar-refractivity contribution in [2.75, 3.05) is 13.1 Å². The lowest BCUT2D eigenvalue weighted by atomic mass is 10.1. The first kappa shape index (κ1) is 13.1. The summed E-state index contributed by atoms with van der Waals surface area (Å²) in [6, 6.07) is 2.09. The molecule has 3 heterocycles. The molecular formula is C11H15BrN2O2S2. The summed E-state index contributed by atoms with van der Waals surface area (Å²) in [5.41, 5.74) is 0. The standard InChI is InChI=1S/C11H15BrN2O2S2/c12-10-4-6-17-11(10)18(15,16)14-8-1-2-9(14)7-13-5-3-8/h4,6,8-9,13H,1-3,5,7H2. The Morgan fingerprint density at radius 3 is 2.83 bits per heavy atom. The van der Waals surface area contributed by atoms with Crippen LogP contribution in [-0.4, -0.2) is 37.9 Å². The summed E-state index contributed by atoms with van der Waals surface area (Å²) in [5, 5.41) is 5.14. The zero-order chi connectivity index (χ0) is 12.8. The summed E-state index contributed by atoms with van der Waals surface area (Å²) < 4.78 is 28.4. The predicted molar refractivity (Wildman–Crippen MR) is 75.3 cm³/mol. The molecule has 0 aliphatic carbocycles. The number of sulfonamides is 1. The molecule has 100 valence electrons. The number of hydrogen-bond donors (Lipinski definition) is 1. The van der Waals surface area contributed by atoms with Gasteiger partial charge in [0.1, 0.15) is 4.21 Å². The molecule has 1 aromatic heterocycles. The molecule has 0 radical (unpaired) electrons. The van der Waals surface area contributed by atoms with Gasteiger partial charge in [-0.2, -0.15) is 4.31 Å². The molecule has 2 saturated heterocycles. The zero-order valence-corrected chi connectivity index (χ0v) is 13.0. The van der Waals surface area contributed by atoms with Crippen molar-refractivity contribution in [1.82, 2.24) is 9.62 Å². The van der Waals surface area contributed by atoms with Crippen LogP contribution in [0.25, 0.3) is 0 Å². The summed E-state index contributed by atoms with van der Waals surface area (Å²) in [5.74, 6) is 0. The van der Waals surface area contributed by atoms with E-state index in [0.29, 0.717) is 8.68 Å². The third kappa shape index (κ3) is 2.06. The quantitative estimate of drug-likeness (QED) is 0.887. The van der Waals surface area contributed by atoms with Crippen molar-refractivity contribution in [3.63, 3.8) is 0 Å². The predicted octanol–water partition coefficient (Wildman–Crippen LogP) is 2.03. The number of hydrogen-bond acceptors (Lipinski definition) is 4. The largest absolute Gasteiger partial charge is 0.315 e. The average Bonchev–Trinajstić information content (AvgIpc) is 2.82. The second-order valence-corrected chi connectivity index (χ2v) is 8.58. The van der Waals surface area contributed by atoms with Gasteiger partial charge in [0.2, 0.25) is 0 Å². The van der Waals surface area contributed by atoms with Crippen LogP contribution >= 0.6 is 27.3 Å². The fourth-order valence-corrected chi connectivity index (χ4v) is 7.19. The van der Waals surface area contributed by atoms with E-state index in [9.17, 15) is 8.42 Å². The van der Waals surface area contributed by atoms with Gasteiger partial charge in [-0.1, -0.05) is 0 Å². The maximum absolute atomic E-state index is 12.8. The van der Waals surface area contributed by atoms with Crippen LogP contribution in [0.5, 0.6) is 0 Å². The molecule has 0 aromatic carbocycles. The highest BCUT2D eigenvalue weighted by Crippen LogP contribution is 2.37. The number of fused-ring (bicyclic) bond motifs is 2. The van der Waals surface area contributed by atoms with E-state index in [1.807, 2.05) is 5.38 Å². The van der Waals surface area contributed by atoms with Crippen molar-refractivity contribution in [2.24, 2.45) is 0 Å². The lowest BCUT2D eigenvalue weighted by molar-refractivity contribution is 0.335. The van der Waals surface area contributed by atoms with Crippen LogP contribution in [0.3, 0.4) is 0 Å². The van der Waals surface area contributed by atoms with Gasteiger partial charge in [-0.25, -0.2) is 8.42 Å². The zero-order valence-electron chi connectivity index (χ0n) is 9.80. The number of nitrogens with one attached hydrogen (secondary N) is 1. The van der Waals surface area contributed by atoms with Crippen molar-refractivity contribution >= 4 is 37.3 Å². The number of thiophene rings is 1. The van der Waals surface area contributed by atoms with Crippen molar-refractivity contribution < 1.29 is 8.42 Å². The monoisotopic (exact) mass is 350 g/mol. The average molecular weight is 351 g/mol. The smallest absolute Gasteiger partial charge is 0.254 e. The molecule has 2 aliphatic rings. The lowest BCUT2D eigenvalue weighted by Gasteiger charge is -2.26. The highest BCUT2D eigenvalue weighted by molar-refractivity contribution is 9.10. The van der Waals surface area contributed by atoms with Crippen LogP contribution in [0.1, 0.15) is 19.3 Å². The first-order chi connectivity index (χ1) is 8.60. The molecule has 0 amide bonds. The van der Waals surface area contributed by atoms with Crippen LogP contribution in [0.2, 0.25) is 0 Å². The van der Waals surface area contributed by atoms with Gasteiger partial charge in [0.25, 0.3) is 10.0 Å². The van der Waals surface area contributed by atoms with Crippen LogP contribution in [0.15, 0.2) is 20.1 Å². The fourth-order valence-electron chi connectivity index (χ4n) is 2.89. The van der Waals surface area contributed by atoms with Gasteiger partial charge in [-0.15, -0.1) is 11.3 Å². The van der Waals surface area contributed by atoms with Crippen molar-refractivity contribution in [3.05, 3.63) is 15.9 Å². The third-order valence-electron chi connectivity index (χ3n) is 3.68. The first-order valence-corrected chi connectivity index (χ1v) is 9.19. The Bertz CT molecular complexity index is 529. The van der Waals surface area contributed by atoms with Gasteiger partial charge in [0, 0.05) is 23.1 Å². The number of halogens is 1. The van der Waals surface area contributed by atoms with Crippen LogP contribution in [0, 0.1) is 0 Å². The molecule has 2 fully saturated rings. The summed E-state index contributed by atoms with van der Waals surface area (Å²) in [6.45, 7) is 1.69. The minimum absolute atomic E-state index is 0.122. The summed E-state index contributed by atoms with van der Waals surface area (Å²) in [4.78, 5) is 0. The third-order valence-corrected chi connectivity index (χ3v) is 8.34. The van der Waals surface area contributed by atoms with Gasteiger partial charge in [-0.05, 0) is 53.2 Å². The molecular weight excluding hydrogens is 336 g/mol. The Morgan fingerprint density at radius 2 is 2.11 bits per heavy atom. The lowest BCUT2D eigenvalue weighted by Crippen LogP contribution is -2.42. The second kappa shape index (κ2) is 4.86. The van der Waals surface area contributed by atoms with Gasteiger partial charge < -0.3 is 5.32 Å². The minimum Gasteiger partial charge on any atom is -0.315 e. The van der Waals surface area contributed by atoms with Gasteiger partial charge in [0.15, 0.2) is 0 Å². The molecule has 7 heteroatoms. The molecule has 2 bridgehead atoms. The SMILES string of the molecule is O=S(=O)(c1sccc1Br)N1C2CCNCC1CC2. The molecule has 4 nitrogen and oxygen atoms in total. The van der Waals surface area contributed by atoms with Gasteiger partial charge in [-0.3, -0.25) is 0 Å². The maximum Gasteiger partial charge on any atom is 0.254 e. The van der Waals surface area contributed by atoms with Crippen molar-refractivity contribution in [3.8, 4) is 0 Å². The first-order valence-electron chi connectivity index (χ1n) is 6.08. The molecule has 0 spiro atoms. The summed E-state index contributed by atoms with van der Waals surface area (Å²) in [6.07, 6.45) is 2.88. The Morgan fingerprint density at radius 1 is 1.33 bits per heavy atom. The van der Waals surface area contributed by atoms with Gasteiger partial charge >= 0.3 is 0 Å². The Kier molecular flexibility index (Phi) is 3.53. The normalized spacial score (nSPS) is 29.4. The van der Waals surface area contributed by atoms with E-state index in [0.717, 1.165) is 32.4 Å². The molecule has 2 aliphatic heterocycles. The topological polar surface area (TPSA) is 49.4 Å². The molecule has 3 rings (SSSR count). The van der Waals surface area contributed by atoms with E-state index in [1.54, 1.807) is 10.4 Å². The van der Waals surface area contributed by atoms with Gasteiger partial charge in [0.05, 0.1) is 0 Å². The number of rotatable bonds is 2. The minimum atomic E-state index is -3.34. The highest BCUT2D eigenvalue weighted by Gasteiger charge is 2.43. The Labute approximate surface area is 120 Å². The molecule has 18 heavy (non-hydrogen) atoms. The summed E-state index contributed by atoms with van der Waals surface area (Å²) >= 11 is 4.63. The van der Waals surface area contributed by atoms with Crippen molar-refractivity contribution in [2.45, 2.75) is 35.6 Å². The summed E-state index contributed by atoms with van der Waals surface area (Å²) in [7, 11) is -3.34. The fraction of sp³-hybridized carbons (Fsp3) is 0.636. The van der Waals surface area contributed by atoms with E-state index in [1.165, 1.54) is 11.3 Å². The molecule has 1 N–H and O–H groups in total. The van der Waals surface area contributed by atoms with E-state index < -0.39 is 10.0 Å². The van der Waals surface area contributed by atoms with Crippen LogP contribution in [0.4, 0.5) is 0 Å². The molecule has 2 atom stereocenters. The molecule has 0 saturated carbocycles. The number of nitrogens with zero attached hydrogens (tertiary/aromatic N) is 1. The van der Waals surface area contributed by atoms with E-state index in [-0.39, 0.29) is 12.1 Å². The highest BCUT2D eigenvalue weighted by atomic mass is 79.9. The Balaban J connectivity index is 2.01. The van der Waals surface area contributed by atoms with Crippen molar-refractivity contribution in [1.29, 1.82) is 0 Å². The van der Waals surface area contributed by atoms with E-state index in [4.69, 9.17) is 0 Å². The Hall–Kier alpha value is 0.0500. The van der Waals surface area contributed by atoms with Crippen LogP contribution in [-0.2, 0) is 10.0 Å². The molecule has 1 aromatic rings. The van der Waals surface area contributed by atoms with E-state index >= 15 is 0 Å². The van der Waals surface area contributed by atoms with Crippen LogP contribution < -0.4 is 5.32 Å².